The number of hydrogen-bond acceptors (Lipinski definition) is 6. The number of carbonyl (C=O) groups excluding carboxylic acids is 1. The standard InChI is InChI=1S/C27H28N4O3S/c1-33-19-6-7-22-20(14-19)21(16-28-22)18-8-10-30(11-9-18)17-27(32)31-24(25-4-2-12-34-25)15-23(29-31)26-5-3-13-35-26/h2-7,12-14,16,18,24,28H,8-11,15,17H2,1H3. The Balaban J connectivity index is 1.14. The Morgan fingerprint density at radius 2 is 2.11 bits per heavy atom. The third kappa shape index (κ3) is 4.28. The molecule has 7 nitrogen and oxygen atoms in total. The van der Waals surface area contributed by atoms with Gasteiger partial charge < -0.3 is 14.1 Å². The lowest BCUT2D eigenvalue weighted by atomic mass is 9.89. The third-order valence-electron chi connectivity index (χ3n) is 7.15. The summed E-state index contributed by atoms with van der Waals surface area (Å²) in [5, 5.41) is 9.66. The van der Waals surface area contributed by atoms with Crippen molar-refractivity contribution >= 4 is 33.9 Å². The number of fused-ring (bicyclic) bond motifs is 1. The zero-order valence-electron chi connectivity index (χ0n) is 19.6. The Morgan fingerprint density at radius 1 is 1.23 bits per heavy atom. The second-order valence-corrected chi connectivity index (χ2v) is 10.2. The van der Waals surface area contributed by atoms with E-state index in [1.807, 2.05) is 29.6 Å². The van der Waals surface area contributed by atoms with Gasteiger partial charge in [-0.2, -0.15) is 5.10 Å². The molecule has 8 heteroatoms. The highest BCUT2D eigenvalue weighted by atomic mass is 32.1. The predicted octanol–water partition coefficient (Wildman–Crippen LogP) is 5.39. The van der Waals surface area contributed by atoms with Crippen LogP contribution in [0.4, 0.5) is 0 Å². The number of furan rings is 1. The van der Waals surface area contributed by atoms with Gasteiger partial charge in [0.15, 0.2) is 0 Å². The minimum Gasteiger partial charge on any atom is -0.497 e. The molecular weight excluding hydrogens is 460 g/mol. The third-order valence-corrected chi connectivity index (χ3v) is 8.07. The molecule has 35 heavy (non-hydrogen) atoms. The number of hydrazone groups is 1. The number of nitrogens with zero attached hydrogens (tertiary/aromatic N) is 3. The molecule has 0 saturated carbocycles. The van der Waals surface area contributed by atoms with Gasteiger partial charge in [-0.15, -0.1) is 11.3 Å². The minimum absolute atomic E-state index is 0.0215. The minimum atomic E-state index is -0.187. The maximum atomic E-state index is 13.4. The van der Waals surface area contributed by atoms with Gasteiger partial charge >= 0.3 is 0 Å². The monoisotopic (exact) mass is 488 g/mol. The number of carbonyl (C=O) groups is 1. The highest BCUT2D eigenvalue weighted by molar-refractivity contribution is 7.12. The van der Waals surface area contributed by atoms with Gasteiger partial charge in [0.25, 0.3) is 5.91 Å². The predicted molar refractivity (Wildman–Crippen MR) is 137 cm³/mol. The van der Waals surface area contributed by atoms with Crippen LogP contribution in [0.25, 0.3) is 10.9 Å². The number of hydrogen-bond donors (Lipinski definition) is 1. The van der Waals surface area contributed by atoms with Gasteiger partial charge in [-0.25, -0.2) is 5.01 Å². The summed E-state index contributed by atoms with van der Waals surface area (Å²) in [7, 11) is 1.70. The lowest BCUT2D eigenvalue weighted by Gasteiger charge is -2.32. The van der Waals surface area contributed by atoms with Crippen LogP contribution in [0, 0.1) is 0 Å². The first-order valence-corrected chi connectivity index (χ1v) is 12.9. The largest absolute Gasteiger partial charge is 0.497 e. The molecule has 6 rings (SSSR count). The lowest BCUT2D eigenvalue weighted by Crippen LogP contribution is -2.41. The molecule has 1 aromatic carbocycles. The molecule has 1 atom stereocenters. The zero-order valence-corrected chi connectivity index (χ0v) is 20.5. The van der Waals surface area contributed by atoms with Gasteiger partial charge in [0.2, 0.25) is 0 Å². The average Bonchev–Trinajstić information content (AvgIpc) is 3.69. The first-order valence-electron chi connectivity index (χ1n) is 12.0. The van der Waals surface area contributed by atoms with Crippen molar-refractivity contribution in [2.24, 2.45) is 5.10 Å². The van der Waals surface area contributed by atoms with E-state index in [1.54, 1.807) is 29.7 Å². The number of rotatable bonds is 6. The van der Waals surface area contributed by atoms with Crippen LogP contribution in [-0.4, -0.2) is 53.3 Å². The Morgan fingerprint density at radius 3 is 2.86 bits per heavy atom. The van der Waals surface area contributed by atoms with Crippen molar-refractivity contribution in [2.75, 3.05) is 26.7 Å². The molecule has 1 N–H and O–H groups in total. The van der Waals surface area contributed by atoms with Crippen molar-refractivity contribution in [2.45, 2.75) is 31.2 Å². The highest BCUT2D eigenvalue weighted by Crippen LogP contribution is 2.36. The molecule has 4 aromatic rings. The Hall–Kier alpha value is -3.36. The van der Waals surface area contributed by atoms with Crippen molar-refractivity contribution in [3.8, 4) is 5.75 Å². The van der Waals surface area contributed by atoms with Crippen molar-refractivity contribution in [3.05, 3.63) is 76.5 Å². The van der Waals surface area contributed by atoms with Crippen LogP contribution in [0.3, 0.4) is 0 Å². The van der Waals surface area contributed by atoms with Gasteiger partial charge in [-0.05, 0) is 79.2 Å². The molecule has 2 aliphatic heterocycles. The Kier molecular flexibility index (Phi) is 5.91. The molecule has 3 aromatic heterocycles. The fraction of sp³-hybridized carbons (Fsp3) is 0.333. The van der Waals surface area contributed by atoms with Crippen LogP contribution in [0.15, 0.2) is 69.8 Å². The molecule has 0 aliphatic carbocycles. The van der Waals surface area contributed by atoms with E-state index >= 15 is 0 Å². The van der Waals surface area contributed by atoms with Crippen LogP contribution in [-0.2, 0) is 4.79 Å². The molecule has 2 aliphatic rings. The van der Waals surface area contributed by atoms with Crippen LogP contribution in [0.1, 0.15) is 47.4 Å². The summed E-state index contributed by atoms with van der Waals surface area (Å²) in [6.45, 7) is 2.13. The summed E-state index contributed by atoms with van der Waals surface area (Å²) in [4.78, 5) is 20.2. The number of aromatic amines is 1. The van der Waals surface area contributed by atoms with Gasteiger partial charge in [0.05, 0.1) is 30.5 Å². The van der Waals surface area contributed by atoms with E-state index in [9.17, 15) is 4.79 Å². The smallest absolute Gasteiger partial charge is 0.257 e. The molecule has 180 valence electrons. The van der Waals surface area contributed by atoms with Crippen molar-refractivity contribution < 1.29 is 13.9 Å². The first kappa shape index (κ1) is 22.1. The van der Waals surface area contributed by atoms with Crippen LogP contribution >= 0.6 is 11.3 Å². The maximum absolute atomic E-state index is 13.4. The van der Waals surface area contributed by atoms with E-state index in [0.29, 0.717) is 18.9 Å². The number of piperidine rings is 1. The molecule has 0 radical (unpaired) electrons. The maximum Gasteiger partial charge on any atom is 0.257 e. The summed E-state index contributed by atoms with van der Waals surface area (Å²) in [5.41, 5.74) is 3.42. The number of aromatic nitrogens is 1. The van der Waals surface area contributed by atoms with E-state index in [2.05, 4.69) is 34.3 Å². The van der Waals surface area contributed by atoms with E-state index in [4.69, 9.17) is 14.3 Å². The van der Waals surface area contributed by atoms with Gasteiger partial charge in [-0.1, -0.05) is 6.07 Å². The molecule has 1 fully saturated rings. The Labute approximate surface area is 208 Å². The quantitative estimate of drug-likeness (QED) is 0.395. The number of methoxy groups -OCH3 is 1. The zero-order chi connectivity index (χ0) is 23.8. The SMILES string of the molecule is COc1ccc2[nH]cc(C3CCN(CC(=O)N4N=C(c5cccs5)CC4c4ccco4)CC3)c2c1. The van der Waals surface area contributed by atoms with Gasteiger partial charge in [0.1, 0.15) is 17.6 Å². The summed E-state index contributed by atoms with van der Waals surface area (Å²) in [6.07, 6.45) is 6.50. The molecule has 1 amide bonds. The van der Waals surface area contributed by atoms with Crippen LogP contribution < -0.4 is 4.74 Å². The molecule has 5 heterocycles. The summed E-state index contributed by atoms with van der Waals surface area (Å²) in [6, 6.07) is 13.9. The number of ether oxygens (including phenoxy) is 1. The molecule has 1 unspecified atom stereocenters. The fourth-order valence-corrected chi connectivity index (χ4v) is 6.01. The average molecular weight is 489 g/mol. The van der Waals surface area contributed by atoms with Gasteiger partial charge in [-0.3, -0.25) is 9.69 Å². The second kappa shape index (κ2) is 9.36. The summed E-state index contributed by atoms with van der Waals surface area (Å²) >= 11 is 1.65. The normalized spacial score (nSPS) is 19.4. The second-order valence-electron chi connectivity index (χ2n) is 9.20. The summed E-state index contributed by atoms with van der Waals surface area (Å²) < 4.78 is 11.1. The van der Waals surface area contributed by atoms with Gasteiger partial charge in [0, 0.05) is 23.5 Å². The van der Waals surface area contributed by atoms with E-state index in [0.717, 1.165) is 53.5 Å². The number of likely N-dealkylation sites (tertiary alicyclic amines) is 1. The topological polar surface area (TPSA) is 74.1 Å². The van der Waals surface area contributed by atoms with Crippen molar-refractivity contribution in [1.29, 1.82) is 0 Å². The number of benzene rings is 1. The number of thiophene rings is 1. The van der Waals surface area contributed by atoms with E-state index in [1.165, 1.54) is 10.9 Å². The van der Waals surface area contributed by atoms with E-state index in [-0.39, 0.29) is 11.9 Å². The van der Waals surface area contributed by atoms with Crippen LogP contribution in [0.2, 0.25) is 0 Å². The molecule has 0 spiro atoms. The molecule has 1 saturated heterocycles. The summed E-state index contributed by atoms with van der Waals surface area (Å²) in [5.74, 6) is 2.14. The van der Waals surface area contributed by atoms with Crippen molar-refractivity contribution in [1.82, 2.24) is 14.9 Å². The molecule has 0 bridgehead atoms. The Bertz CT molecular complexity index is 1330. The fourth-order valence-electron chi connectivity index (χ4n) is 5.29. The number of nitrogens with one attached hydrogen (secondary N) is 1. The number of H-pyrrole nitrogens is 1. The first-order chi connectivity index (χ1) is 17.2. The number of amides is 1. The lowest BCUT2D eigenvalue weighted by molar-refractivity contribution is -0.134. The van der Waals surface area contributed by atoms with E-state index < -0.39 is 0 Å². The van der Waals surface area contributed by atoms with Crippen LogP contribution in [0.5, 0.6) is 5.75 Å². The molecular formula is C27H28N4O3S. The highest BCUT2D eigenvalue weighted by Gasteiger charge is 2.36. The van der Waals surface area contributed by atoms with Crippen molar-refractivity contribution in [3.63, 3.8) is 0 Å².